The minimum absolute atomic E-state index is 0.640. The maximum Gasteiger partial charge on any atom is 0.171 e. The van der Waals surface area contributed by atoms with E-state index in [0.29, 0.717) is 5.75 Å². The highest BCUT2D eigenvalue weighted by Crippen LogP contribution is 2.48. The molecule has 0 N–H and O–H groups in total. The highest BCUT2D eigenvalue weighted by Gasteiger charge is 2.30. The van der Waals surface area contributed by atoms with Crippen molar-refractivity contribution in [3.8, 4) is 33.8 Å². The Morgan fingerprint density at radius 2 is 0.754 bits per heavy atom. The van der Waals surface area contributed by atoms with Crippen LogP contribution in [0.5, 0.6) is 11.5 Å². The molecule has 2 aromatic heterocycles. The van der Waals surface area contributed by atoms with Crippen molar-refractivity contribution in [3.05, 3.63) is 212 Å². The highest BCUT2D eigenvalue weighted by molar-refractivity contribution is 7.85. The lowest BCUT2D eigenvalue weighted by atomic mass is 9.90. The molecule has 0 aliphatic rings. The molecule has 0 aliphatic carbocycles. The third-order valence-electron chi connectivity index (χ3n) is 12.0. The van der Waals surface area contributed by atoms with Gasteiger partial charge in [0.15, 0.2) is 7.14 Å². The van der Waals surface area contributed by atoms with Gasteiger partial charge in [-0.05, 0) is 87.6 Å². The second-order valence-electron chi connectivity index (χ2n) is 15.5. The van der Waals surface area contributed by atoms with E-state index >= 15 is 4.57 Å². The second-order valence-corrected chi connectivity index (χ2v) is 20.4. The van der Waals surface area contributed by atoms with E-state index in [4.69, 9.17) is 4.74 Å². The summed E-state index contributed by atoms with van der Waals surface area (Å²) in [7, 11) is -3.20. The molecular formula is C56H35O2PS2. The lowest BCUT2D eigenvalue weighted by Gasteiger charge is -2.21. The van der Waals surface area contributed by atoms with Gasteiger partial charge in [-0.25, -0.2) is 0 Å². The van der Waals surface area contributed by atoms with Gasteiger partial charge in [-0.15, -0.1) is 22.7 Å². The van der Waals surface area contributed by atoms with Gasteiger partial charge in [0.1, 0.15) is 11.5 Å². The first-order valence-corrected chi connectivity index (χ1v) is 23.8. The lowest BCUT2D eigenvalue weighted by molar-refractivity contribution is 0.494. The van der Waals surface area contributed by atoms with E-state index < -0.39 is 7.14 Å². The maximum atomic E-state index is 15.3. The topological polar surface area (TPSA) is 26.3 Å². The lowest BCUT2D eigenvalue weighted by Crippen LogP contribution is -2.24. The molecule has 0 fully saturated rings. The summed E-state index contributed by atoms with van der Waals surface area (Å²) in [5.41, 5.74) is 4.79. The Kier molecular flexibility index (Phi) is 8.54. The molecule has 61 heavy (non-hydrogen) atoms. The minimum Gasteiger partial charge on any atom is -0.456 e. The zero-order valence-electron chi connectivity index (χ0n) is 32.8. The van der Waals surface area contributed by atoms with E-state index in [0.717, 1.165) is 48.8 Å². The summed E-state index contributed by atoms with van der Waals surface area (Å²) >= 11 is 3.70. The highest BCUT2D eigenvalue weighted by atomic mass is 32.1. The molecule has 0 bridgehead atoms. The first kappa shape index (κ1) is 36.1. The smallest absolute Gasteiger partial charge is 0.171 e. The fourth-order valence-corrected chi connectivity index (χ4v) is 13.9. The SMILES string of the molecule is O=P(c1ccccc1)(c1ccccc1)c1cccc(Oc2c3ccccc3c(-c3ccc4sc5ccc(-c6ccc7sc8ccccc8c7c6)cc5c4c3)c3ccccc23)c1. The van der Waals surface area contributed by atoms with Crippen LogP contribution in [0.4, 0.5) is 0 Å². The number of hydrogen-bond donors (Lipinski definition) is 0. The fourth-order valence-electron chi connectivity index (χ4n) is 9.11. The molecule has 288 valence electrons. The summed E-state index contributed by atoms with van der Waals surface area (Å²) in [5, 5.41) is 11.7. The van der Waals surface area contributed by atoms with Crippen molar-refractivity contribution < 1.29 is 9.30 Å². The van der Waals surface area contributed by atoms with Crippen LogP contribution in [0.3, 0.4) is 0 Å². The molecule has 0 aliphatic heterocycles. The van der Waals surface area contributed by atoms with Gasteiger partial charge in [-0.1, -0.05) is 158 Å². The van der Waals surface area contributed by atoms with Gasteiger partial charge < -0.3 is 9.30 Å². The largest absolute Gasteiger partial charge is 0.456 e. The van der Waals surface area contributed by atoms with E-state index in [1.807, 2.05) is 108 Å². The number of fused-ring (bicyclic) bond motifs is 8. The normalized spacial score (nSPS) is 12.0. The van der Waals surface area contributed by atoms with Crippen LogP contribution in [0.2, 0.25) is 0 Å². The van der Waals surface area contributed by atoms with E-state index in [9.17, 15) is 0 Å². The average molecular weight is 835 g/mol. The molecule has 0 atom stereocenters. The van der Waals surface area contributed by atoms with Crippen LogP contribution >= 0.6 is 29.8 Å². The number of ether oxygens (including phenoxy) is 1. The zero-order valence-corrected chi connectivity index (χ0v) is 35.3. The Bertz CT molecular complexity index is 3620. The van der Waals surface area contributed by atoms with Gasteiger partial charge in [0, 0.05) is 67.0 Å². The third-order valence-corrected chi connectivity index (χ3v) is 17.4. The number of hydrogen-bond acceptors (Lipinski definition) is 4. The van der Waals surface area contributed by atoms with Crippen LogP contribution < -0.4 is 20.7 Å². The fraction of sp³-hybridized carbons (Fsp3) is 0. The van der Waals surface area contributed by atoms with Gasteiger partial charge in [0.05, 0.1) is 0 Å². The molecule has 0 amide bonds. The van der Waals surface area contributed by atoms with E-state index in [-0.39, 0.29) is 0 Å². The number of thiophene rings is 2. The van der Waals surface area contributed by atoms with E-state index in [1.165, 1.54) is 57.0 Å². The predicted molar refractivity (Wildman–Crippen MR) is 264 cm³/mol. The third kappa shape index (κ3) is 5.94. The summed E-state index contributed by atoms with van der Waals surface area (Å²) in [6.07, 6.45) is 0. The first-order valence-electron chi connectivity index (χ1n) is 20.4. The zero-order chi connectivity index (χ0) is 40.5. The molecule has 0 radical (unpaired) electrons. The van der Waals surface area contributed by atoms with E-state index in [1.54, 1.807) is 0 Å². The second kappa shape index (κ2) is 14.4. The molecule has 5 heteroatoms. The van der Waals surface area contributed by atoms with Crippen LogP contribution in [0, 0.1) is 0 Å². The average Bonchev–Trinajstić information content (AvgIpc) is 3.89. The van der Waals surface area contributed by atoms with Gasteiger partial charge in [-0.2, -0.15) is 0 Å². The number of benzene rings is 10. The van der Waals surface area contributed by atoms with Crippen LogP contribution in [0.25, 0.3) is 84.1 Å². The summed E-state index contributed by atoms with van der Waals surface area (Å²) < 4.78 is 27.5. The van der Waals surface area contributed by atoms with Crippen molar-refractivity contribution >= 4 is 108 Å². The Hall–Kier alpha value is -6.81. The summed E-state index contributed by atoms with van der Waals surface area (Å²) in [4.78, 5) is 0. The van der Waals surface area contributed by atoms with Crippen molar-refractivity contribution in [1.29, 1.82) is 0 Å². The molecule has 2 nitrogen and oxygen atoms in total. The maximum absolute atomic E-state index is 15.3. The molecule has 10 aromatic carbocycles. The molecule has 0 spiro atoms. The molecule has 0 unspecified atom stereocenters. The molecule has 0 saturated carbocycles. The monoisotopic (exact) mass is 834 g/mol. The van der Waals surface area contributed by atoms with Crippen molar-refractivity contribution in [1.82, 2.24) is 0 Å². The van der Waals surface area contributed by atoms with Crippen molar-refractivity contribution in [2.45, 2.75) is 0 Å². The van der Waals surface area contributed by atoms with Gasteiger partial charge in [0.25, 0.3) is 0 Å². The van der Waals surface area contributed by atoms with Crippen molar-refractivity contribution in [2.75, 3.05) is 0 Å². The van der Waals surface area contributed by atoms with Crippen molar-refractivity contribution in [2.24, 2.45) is 0 Å². The number of rotatable bonds is 7. The molecule has 0 saturated heterocycles. The Balaban J connectivity index is 0.987. The molecular weight excluding hydrogens is 800 g/mol. The summed E-state index contributed by atoms with van der Waals surface area (Å²) in [6.45, 7) is 0. The Morgan fingerprint density at radius 1 is 0.328 bits per heavy atom. The van der Waals surface area contributed by atoms with Gasteiger partial charge >= 0.3 is 0 Å². The Labute approximate surface area is 360 Å². The standard InChI is InChI=1S/C56H35O2PS2/c57-59(40-15-3-1-4-16-40,41-17-5-2-6-18-41)42-19-13-14-39(35-42)58-56-46-23-9-7-21-44(46)55(45-22-8-10-24-47(45)56)38-28-31-54-50(34-38)49-33-37(27-30-53(49)61-54)36-26-29-52-48(32-36)43-20-11-12-25-51(43)60-52/h1-35H. The van der Waals surface area contributed by atoms with Gasteiger partial charge in [0.2, 0.25) is 0 Å². The van der Waals surface area contributed by atoms with Crippen molar-refractivity contribution in [3.63, 3.8) is 0 Å². The van der Waals surface area contributed by atoms with E-state index in [2.05, 4.69) is 127 Å². The van der Waals surface area contributed by atoms with Crippen LogP contribution in [-0.4, -0.2) is 0 Å². The summed E-state index contributed by atoms with van der Waals surface area (Å²) in [6, 6.07) is 74.0. The van der Waals surface area contributed by atoms with Crippen LogP contribution in [0.15, 0.2) is 212 Å². The molecule has 2 heterocycles. The summed E-state index contributed by atoms with van der Waals surface area (Å²) in [5.74, 6) is 1.42. The molecule has 12 rings (SSSR count). The molecule has 12 aromatic rings. The first-order chi connectivity index (χ1) is 30.1. The van der Waals surface area contributed by atoms with Crippen LogP contribution in [-0.2, 0) is 4.57 Å². The minimum atomic E-state index is -3.20. The Morgan fingerprint density at radius 3 is 1.33 bits per heavy atom. The quantitative estimate of drug-likeness (QED) is 0.118. The van der Waals surface area contributed by atoms with Gasteiger partial charge in [-0.3, -0.25) is 0 Å². The van der Waals surface area contributed by atoms with Crippen LogP contribution in [0.1, 0.15) is 0 Å². The predicted octanol–water partition coefficient (Wildman–Crippen LogP) is 15.5.